The molecule has 1 N–H and O–H groups in total. The molecule has 16 rings (SSSR count). The minimum Gasteiger partial charge on any atom is -0.487 e. The molecule has 0 unspecified atom stereocenters. The molecular weight excluding hydrogens is 1530 g/mol. The topological polar surface area (TPSA) is 126 Å². The number of aryl methyl sites for hydroxylation is 2. The van der Waals surface area contributed by atoms with E-state index >= 15 is 0 Å². The first kappa shape index (κ1) is 92.3. The van der Waals surface area contributed by atoms with Gasteiger partial charge in [0.25, 0.3) is 0 Å². The van der Waals surface area contributed by atoms with Crippen molar-refractivity contribution in [2.45, 2.75) is 210 Å². The second-order valence-electron chi connectivity index (χ2n) is 37.9. The second kappa shape index (κ2) is 40.1. The van der Waals surface area contributed by atoms with Crippen molar-refractivity contribution in [3.63, 3.8) is 0 Å². The van der Waals surface area contributed by atoms with Gasteiger partial charge < -0.3 is 33.6 Å². The van der Waals surface area contributed by atoms with Gasteiger partial charge in [0.05, 0.1) is 5.02 Å². The summed E-state index contributed by atoms with van der Waals surface area (Å²) in [5, 5.41) is 9.99. The molecule has 0 radical (unpaired) electrons. The van der Waals surface area contributed by atoms with Crippen LogP contribution in [0.15, 0.2) is 292 Å². The van der Waals surface area contributed by atoms with E-state index in [2.05, 4.69) is 292 Å². The zero-order valence-electron chi connectivity index (χ0n) is 75.8. The molecule has 636 valence electrons. The first-order valence-electron chi connectivity index (χ1n) is 41.9. The number of anilines is 1. The average molecular weight is 1660 g/mol. The van der Waals surface area contributed by atoms with Crippen molar-refractivity contribution >= 4 is 39.5 Å². The molecule has 0 aliphatic carbocycles. The van der Waals surface area contributed by atoms with Crippen LogP contribution < -0.4 is 28.6 Å². The number of fused-ring (bicyclic) bond motifs is 4. The molecule has 6 heterocycles. The number of hydrogen-bond acceptors (Lipinski definition) is 10. The van der Waals surface area contributed by atoms with E-state index in [1.807, 2.05) is 158 Å². The molecule has 0 fully saturated rings. The van der Waals surface area contributed by atoms with Gasteiger partial charge in [-0.3, -0.25) is 0 Å². The average Bonchev–Trinajstić information content (AvgIpc) is 1.65. The maximum absolute atomic E-state index is 13.1. The summed E-state index contributed by atoms with van der Waals surface area (Å²) in [7, 11) is 0. The minimum absolute atomic E-state index is 0.0464. The summed E-state index contributed by atoms with van der Waals surface area (Å²) in [5.74, 6) is 7.12. The quantitative estimate of drug-likeness (QED) is 0.134. The van der Waals surface area contributed by atoms with Gasteiger partial charge in [-0.25, -0.2) is 23.4 Å². The van der Waals surface area contributed by atoms with E-state index < -0.39 is 0 Å². The maximum Gasteiger partial charge on any atom is 0.158 e. The fourth-order valence-corrected chi connectivity index (χ4v) is 13.4. The van der Waals surface area contributed by atoms with Crippen LogP contribution in [-0.2, 0) is 45.5 Å². The first-order valence-corrected chi connectivity index (χ1v) is 42.3. The molecule has 13 nitrogen and oxygen atoms in total. The Morgan fingerprint density at radius 3 is 1.25 bits per heavy atom. The molecule has 10 aromatic carbocycles. The lowest BCUT2D eigenvalue weighted by atomic mass is 9.86. The van der Waals surface area contributed by atoms with Gasteiger partial charge in [-0.1, -0.05) is 270 Å². The number of pyridine rings is 2. The van der Waals surface area contributed by atoms with Gasteiger partial charge in [0.1, 0.15) is 76.8 Å². The molecule has 15 aromatic rings. The van der Waals surface area contributed by atoms with Gasteiger partial charge in [-0.05, 0) is 250 Å². The predicted octanol–water partition coefficient (Wildman–Crippen LogP) is 29.5. The number of nitrogens with one attached hydrogen (secondary N) is 1. The highest BCUT2D eigenvalue weighted by atomic mass is 35.5. The van der Waals surface area contributed by atoms with Crippen molar-refractivity contribution in [3.8, 4) is 51.7 Å². The third-order valence-corrected chi connectivity index (χ3v) is 20.9. The van der Waals surface area contributed by atoms with E-state index in [0.717, 1.165) is 74.0 Å². The molecular formula is C107H124ClFN8O5. The van der Waals surface area contributed by atoms with Crippen LogP contribution in [0, 0.1) is 19.7 Å². The van der Waals surface area contributed by atoms with Crippen LogP contribution in [0.5, 0.6) is 51.7 Å². The Balaban J connectivity index is 0.000000150. The van der Waals surface area contributed by atoms with Crippen molar-refractivity contribution in [3.05, 3.63) is 359 Å². The maximum atomic E-state index is 13.1. The molecule has 0 spiro atoms. The summed E-state index contributed by atoms with van der Waals surface area (Å²) in [5.41, 5.74) is 17.8. The standard InChI is InChI=1S/C17H18ClFO.C17H19N3O.C17H20O.C16H17N3O.C16H18O.C12H15N.C12H17N/c1-17(2,3)13-7-8-16(15(18)10-13)20-11-12-5-4-6-14(19)9-12;1-12-9-13(17(2,3)4)5-6-15(12)21-14-7-8-20-16(10-14)18-11-19-20;1-13-12-14(17(2,3)4)10-11-16(13)18-15-8-6-5-7-9-15;1-16(2,3)12-4-6-13(7-5-12)20-14-8-9-19-15(10-14)17-11-18-19;1-16(2,3)13-9-11-15(12-10-13)17-14-7-5-4-6-8-14;1-12(2,3)10-5-4-9-6-7-13-11(9)8-10;1-12(2,3)13-9-8-10-6-4-5-7-11(10)13/h4-10H,11H2,1-3H3;5-11H,1-4H3;5-12H,1-4H3;4-11H,1-3H3;4-12H,1-3H3;4-8,13H,1-3H3;4-7H,8-9H2,1-3H3. The monoisotopic (exact) mass is 1650 g/mol. The lowest BCUT2D eigenvalue weighted by molar-refractivity contribution is 0.305. The predicted molar refractivity (Wildman–Crippen MR) is 504 cm³/mol. The molecule has 1 aliphatic heterocycles. The minimum atomic E-state index is -0.264. The smallest absolute Gasteiger partial charge is 0.158 e. The zero-order chi connectivity index (χ0) is 88.4. The van der Waals surface area contributed by atoms with Crippen molar-refractivity contribution in [1.82, 2.24) is 34.2 Å². The van der Waals surface area contributed by atoms with E-state index in [1.165, 1.54) is 93.3 Å². The number of H-pyrrole nitrogens is 1. The SMILES string of the molecule is CC(C)(C)N1CCc2ccccc21.CC(C)(C)c1ccc(OCc2cccc(F)c2)c(Cl)c1.CC(C)(C)c1ccc(Oc2ccccc2)cc1.CC(C)(C)c1ccc(Oc2ccn3ncnc3c2)cc1.CC(C)(C)c1ccc2cc[nH]c2c1.Cc1cc(C(C)(C)C)ccc1Oc1ccccc1.Cc1cc(C(C)(C)C)ccc1Oc1ccn2ncnc2c1. The number of para-hydroxylation sites is 3. The van der Waals surface area contributed by atoms with Gasteiger partial charge in [0, 0.05) is 54.0 Å². The van der Waals surface area contributed by atoms with Crippen LogP contribution in [-0.4, -0.2) is 46.3 Å². The summed E-state index contributed by atoms with van der Waals surface area (Å²) in [6.07, 6.45) is 9.92. The Labute approximate surface area is 729 Å². The number of halogens is 2. The van der Waals surface area contributed by atoms with Crippen LogP contribution in [0.3, 0.4) is 0 Å². The molecule has 0 amide bonds. The number of aromatic amines is 1. The van der Waals surface area contributed by atoms with E-state index in [-0.39, 0.29) is 43.8 Å². The molecule has 122 heavy (non-hydrogen) atoms. The number of ether oxygens (including phenoxy) is 5. The third kappa shape index (κ3) is 27.3. The van der Waals surface area contributed by atoms with Gasteiger partial charge in [0.2, 0.25) is 0 Å². The van der Waals surface area contributed by atoms with Crippen LogP contribution in [0.25, 0.3) is 22.2 Å². The highest BCUT2D eigenvalue weighted by Gasteiger charge is 2.28. The molecule has 15 heteroatoms. The van der Waals surface area contributed by atoms with E-state index in [4.69, 9.17) is 35.3 Å². The third-order valence-electron chi connectivity index (χ3n) is 20.6. The number of hydrogen-bond donors (Lipinski definition) is 1. The Hall–Kier alpha value is -12.0. The fourth-order valence-electron chi connectivity index (χ4n) is 13.2. The zero-order valence-corrected chi connectivity index (χ0v) is 76.5. The van der Waals surface area contributed by atoms with Crippen LogP contribution in [0.1, 0.15) is 201 Å². The molecule has 5 aromatic heterocycles. The molecule has 0 saturated heterocycles. The number of nitrogens with zero attached hydrogens (tertiary/aromatic N) is 7. The van der Waals surface area contributed by atoms with Gasteiger partial charge in [-0.2, -0.15) is 10.2 Å². The second-order valence-corrected chi connectivity index (χ2v) is 38.3. The Bertz CT molecular complexity index is 5830. The Kier molecular flexibility index (Phi) is 30.4. The van der Waals surface area contributed by atoms with Crippen LogP contribution >= 0.6 is 11.6 Å². The normalized spacial score (nSPS) is 12.1. The van der Waals surface area contributed by atoms with Gasteiger partial charge in [0.15, 0.2) is 11.3 Å². The number of benzene rings is 10. The van der Waals surface area contributed by atoms with Crippen LogP contribution in [0.4, 0.5) is 10.1 Å². The lowest BCUT2D eigenvalue weighted by Gasteiger charge is -2.34. The van der Waals surface area contributed by atoms with Crippen molar-refractivity contribution in [2.24, 2.45) is 0 Å². The molecule has 0 bridgehead atoms. The summed E-state index contributed by atoms with van der Waals surface area (Å²) in [6.45, 7) is 52.0. The van der Waals surface area contributed by atoms with E-state index in [1.54, 1.807) is 15.1 Å². The van der Waals surface area contributed by atoms with Crippen LogP contribution in [0.2, 0.25) is 5.02 Å². The highest BCUT2D eigenvalue weighted by molar-refractivity contribution is 6.32. The van der Waals surface area contributed by atoms with Crippen molar-refractivity contribution in [1.29, 1.82) is 0 Å². The summed E-state index contributed by atoms with van der Waals surface area (Å²) < 4.78 is 45.6. The van der Waals surface area contributed by atoms with E-state index in [0.29, 0.717) is 17.4 Å². The summed E-state index contributed by atoms with van der Waals surface area (Å²) in [4.78, 5) is 14.0. The summed E-state index contributed by atoms with van der Waals surface area (Å²) in [6, 6.07) is 86.0. The van der Waals surface area contributed by atoms with Gasteiger partial charge >= 0.3 is 0 Å². The summed E-state index contributed by atoms with van der Waals surface area (Å²) >= 11 is 6.23. The fraction of sp³-hybridized carbons (Fsp3) is 0.308. The van der Waals surface area contributed by atoms with Crippen molar-refractivity contribution in [2.75, 3.05) is 11.4 Å². The number of aromatic nitrogens is 7. The Morgan fingerprint density at radius 2 is 0.787 bits per heavy atom. The lowest BCUT2D eigenvalue weighted by Crippen LogP contribution is -2.40. The Morgan fingerprint density at radius 1 is 0.377 bits per heavy atom. The molecule has 1 aliphatic rings. The highest BCUT2D eigenvalue weighted by Crippen LogP contribution is 2.38. The van der Waals surface area contributed by atoms with E-state index in [9.17, 15) is 4.39 Å². The van der Waals surface area contributed by atoms with Crippen molar-refractivity contribution < 1.29 is 28.1 Å². The van der Waals surface area contributed by atoms with Gasteiger partial charge in [-0.15, -0.1) is 0 Å². The number of rotatable bonds is 11. The first-order chi connectivity index (χ1) is 57.5. The molecule has 0 atom stereocenters. The molecule has 0 saturated carbocycles. The largest absolute Gasteiger partial charge is 0.487 e.